The summed E-state index contributed by atoms with van der Waals surface area (Å²) in [6.45, 7) is 5.34. The van der Waals surface area contributed by atoms with Crippen molar-refractivity contribution in [2.24, 2.45) is 5.92 Å². The average Bonchev–Trinajstić information content (AvgIpc) is 2.41. The molecule has 0 saturated carbocycles. The quantitative estimate of drug-likeness (QED) is 0.0567. The Hall–Kier alpha value is -7.98. The molecule has 0 aliphatic carbocycles. The fourth-order valence-corrected chi connectivity index (χ4v) is 13.4. The van der Waals surface area contributed by atoms with Crippen LogP contribution >= 0.6 is 22.9 Å². The third-order valence-corrected chi connectivity index (χ3v) is 17.6. The number of anilines is 2. The number of amides is 2. The van der Waals surface area contributed by atoms with Crippen molar-refractivity contribution >= 4 is 66.6 Å². The first-order chi connectivity index (χ1) is 41.0. The number of aliphatic hydroxyl groups excluding tert-OH is 2. The molecule has 24 heteroatoms. The van der Waals surface area contributed by atoms with Gasteiger partial charge < -0.3 is 50.6 Å². The Morgan fingerprint density at radius 1 is 0.929 bits per heavy atom. The van der Waals surface area contributed by atoms with E-state index in [-0.39, 0.29) is 81.3 Å². The second-order valence-electron chi connectivity index (χ2n) is 22.3. The number of nitrogens with zero attached hydrogens (tertiary/aromatic N) is 8. The van der Waals surface area contributed by atoms with Crippen LogP contribution in [0.15, 0.2) is 85.1 Å². The number of nitriles is 1. The lowest BCUT2D eigenvalue weighted by atomic mass is 9.96. The molecule has 6 N–H and O–H groups in total. The molecule has 12 rings (SSSR count). The van der Waals surface area contributed by atoms with Crippen LogP contribution in [0.25, 0.3) is 54.5 Å². The Balaban J connectivity index is 0.814. The summed E-state index contributed by atoms with van der Waals surface area (Å²) < 4.78 is 79.1. The zero-order valence-electron chi connectivity index (χ0n) is 46.1. The molecule has 4 aliphatic heterocycles. The van der Waals surface area contributed by atoms with Crippen LogP contribution in [0.2, 0.25) is 5.02 Å². The van der Waals surface area contributed by atoms with E-state index in [0.29, 0.717) is 107 Å². The molecule has 7 heterocycles. The molecule has 5 aromatic carbocycles. The van der Waals surface area contributed by atoms with Gasteiger partial charge in [-0.05, 0) is 53.1 Å². The van der Waals surface area contributed by atoms with Gasteiger partial charge in [-0.2, -0.15) is 15.2 Å². The fraction of sp³-hybridized carbons (Fsp3) is 0.361. The van der Waals surface area contributed by atoms with Crippen molar-refractivity contribution in [1.29, 1.82) is 5.26 Å². The van der Waals surface area contributed by atoms with Crippen LogP contribution in [0.4, 0.5) is 28.4 Å². The number of likely N-dealkylation sites (tertiary alicyclic amines) is 1. The molecule has 85 heavy (non-hydrogen) atoms. The van der Waals surface area contributed by atoms with E-state index >= 15 is 4.39 Å². The number of nitrogens with two attached hydrogens (primary N) is 1. The molecule has 18 nitrogen and oxygen atoms in total. The van der Waals surface area contributed by atoms with Crippen LogP contribution in [0.1, 0.15) is 74.7 Å². The summed E-state index contributed by atoms with van der Waals surface area (Å²) in [4.78, 5) is 42.2. The number of aliphatic hydroxyl groups is 2. The highest BCUT2D eigenvalue weighted by atomic mass is 35.5. The van der Waals surface area contributed by atoms with Crippen molar-refractivity contribution in [3.05, 3.63) is 130 Å². The third kappa shape index (κ3) is 11.3. The number of aromatic nitrogens is 5. The maximum atomic E-state index is 15.6. The minimum atomic E-state index is -1.14. The monoisotopic (exact) mass is 1200 g/mol. The van der Waals surface area contributed by atoms with Crippen molar-refractivity contribution in [1.82, 2.24) is 40.5 Å². The predicted molar refractivity (Wildman–Crippen MR) is 311 cm³/mol. The number of fused-ring (bicyclic) bond motifs is 4. The lowest BCUT2D eigenvalue weighted by Crippen LogP contribution is -2.51. The van der Waals surface area contributed by atoms with E-state index < -0.39 is 71.5 Å². The number of ether oxygens (including phenoxy) is 3. The number of rotatable bonds is 16. The smallest absolute Gasteiger partial charge is 0.319 e. The molecule has 6 atom stereocenters. The summed E-state index contributed by atoms with van der Waals surface area (Å²) >= 11 is 8.39. The molecule has 4 fully saturated rings. The molecular formula is C61H58ClF4N11O7S. The molecule has 4 aliphatic rings. The molecule has 440 valence electrons. The third-order valence-electron chi connectivity index (χ3n) is 16.3. The van der Waals surface area contributed by atoms with Gasteiger partial charge >= 0.3 is 6.01 Å². The minimum Gasteiger partial charge on any atom is -0.486 e. The number of halogens is 5. The Morgan fingerprint density at radius 3 is 2.32 bits per heavy atom. The van der Waals surface area contributed by atoms with E-state index in [2.05, 4.69) is 31.9 Å². The van der Waals surface area contributed by atoms with Crippen LogP contribution < -0.4 is 30.7 Å². The molecule has 2 amide bonds. The number of piperazine rings is 1. The van der Waals surface area contributed by atoms with Crippen molar-refractivity contribution in [2.75, 3.05) is 50.1 Å². The maximum absolute atomic E-state index is 15.6. The molecule has 0 spiro atoms. The van der Waals surface area contributed by atoms with Crippen LogP contribution in [-0.4, -0.2) is 122 Å². The van der Waals surface area contributed by atoms with Gasteiger partial charge in [-0.1, -0.05) is 85.3 Å². The summed E-state index contributed by atoms with van der Waals surface area (Å²) in [5, 5.41) is 48.2. The summed E-state index contributed by atoms with van der Waals surface area (Å²) in [5.41, 5.74) is 9.49. The molecule has 8 aromatic rings. The number of hydrogen-bond donors (Lipinski definition) is 5. The number of carbonyl (C=O) groups excluding carboxylic acids is 2. The Bertz CT molecular complexity index is 3880. The van der Waals surface area contributed by atoms with Gasteiger partial charge in [-0.25, -0.2) is 22.2 Å². The van der Waals surface area contributed by atoms with Crippen molar-refractivity contribution in [3.8, 4) is 51.3 Å². The molecule has 2 bridgehead atoms. The van der Waals surface area contributed by atoms with E-state index in [1.165, 1.54) is 39.9 Å². The molecule has 4 saturated heterocycles. The normalized spacial score (nSPS) is 19.6. The average molecular weight is 1200 g/mol. The van der Waals surface area contributed by atoms with Crippen molar-refractivity contribution in [3.63, 3.8) is 0 Å². The van der Waals surface area contributed by atoms with E-state index in [9.17, 15) is 38.2 Å². The van der Waals surface area contributed by atoms with Crippen molar-refractivity contribution in [2.45, 2.75) is 95.0 Å². The van der Waals surface area contributed by atoms with Crippen molar-refractivity contribution < 1.29 is 51.6 Å². The summed E-state index contributed by atoms with van der Waals surface area (Å²) in [6.07, 6.45) is 3.65. The van der Waals surface area contributed by atoms with Gasteiger partial charge in [-0.3, -0.25) is 9.59 Å². The van der Waals surface area contributed by atoms with E-state index in [4.69, 9.17) is 41.5 Å². The van der Waals surface area contributed by atoms with Gasteiger partial charge in [0.1, 0.15) is 76.2 Å². The molecule has 0 radical (unpaired) electrons. The Morgan fingerprint density at radius 2 is 1.64 bits per heavy atom. The number of benzene rings is 5. The SMILES string of the molecule is CC(C)[C@@H](C(=O)N1C[C@H](O)C[C@H]1C(=O)N[C@@H](CO)c1ccc(-c2c(F)cc(F)cc2F)cc1)n1cc(-c2ccc(COc3c(-c4ccc(F)c5sc(N)c(C#N)c45)c(Cl)cc4c(N5CC6CCC(C5)N6)nc(OC5CCOCC5)nc34)cc2)nn1. The highest BCUT2D eigenvalue weighted by Gasteiger charge is 2.44. The summed E-state index contributed by atoms with van der Waals surface area (Å²) in [6, 6.07) is 18.6. The van der Waals surface area contributed by atoms with Gasteiger partial charge in [-0.15, -0.1) is 16.4 Å². The van der Waals surface area contributed by atoms with Gasteiger partial charge in [0.2, 0.25) is 11.8 Å². The topological polar surface area (TPSA) is 239 Å². The number of thiophene rings is 1. The van der Waals surface area contributed by atoms with Crippen LogP contribution in [0, 0.1) is 40.5 Å². The maximum Gasteiger partial charge on any atom is 0.319 e. The zero-order chi connectivity index (χ0) is 59.4. The molecule has 2 unspecified atom stereocenters. The predicted octanol–water partition coefficient (Wildman–Crippen LogP) is 9.19. The first-order valence-electron chi connectivity index (χ1n) is 28.0. The summed E-state index contributed by atoms with van der Waals surface area (Å²) in [7, 11) is 0. The van der Waals surface area contributed by atoms with Gasteiger partial charge in [0, 0.05) is 85.0 Å². The lowest BCUT2D eigenvalue weighted by Gasteiger charge is -2.34. The zero-order valence-corrected chi connectivity index (χ0v) is 47.6. The summed E-state index contributed by atoms with van der Waals surface area (Å²) in [5.74, 6) is -4.43. The lowest BCUT2D eigenvalue weighted by molar-refractivity contribution is -0.142. The Kier molecular flexibility index (Phi) is 16.1. The van der Waals surface area contributed by atoms with Crippen LogP contribution in [0.5, 0.6) is 11.8 Å². The van der Waals surface area contributed by atoms with E-state index in [0.717, 1.165) is 24.2 Å². The van der Waals surface area contributed by atoms with Gasteiger partial charge in [0.25, 0.3) is 0 Å². The van der Waals surface area contributed by atoms with Gasteiger partial charge in [0.05, 0.1) is 59.0 Å². The highest BCUT2D eigenvalue weighted by molar-refractivity contribution is 7.23. The second-order valence-corrected chi connectivity index (χ2v) is 23.7. The van der Waals surface area contributed by atoms with E-state index in [1.807, 2.05) is 38.1 Å². The minimum absolute atomic E-state index is 0.0183. The van der Waals surface area contributed by atoms with E-state index in [1.54, 1.807) is 18.3 Å². The van der Waals surface area contributed by atoms with Crippen LogP contribution in [-0.2, 0) is 20.9 Å². The van der Waals surface area contributed by atoms with Crippen LogP contribution in [0.3, 0.4) is 0 Å². The number of carbonyl (C=O) groups is 2. The fourth-order valence-electron chi connectivity index (χ4n) is 12.1. The first kappa shape index (κ1) is 57.5. The number of hydrogen-bond acceptors (Lipinski definition) is 16. The highest BCUT2D eigenvalue weighted by Crippen LogP contribution is 2.50. The number of nitrogen functional groups attached to an aromatic ring is 1. The Labute approximate surface area is 494 Å². The standard InChI is InChI=1S/C61H58ClF4N11O7S/c1-30(2)54(60(81)76-26-38(79)21-49(76)59(80)70-48(28-78)33-7-9-34(10-8-33)50-45(65)19-35(63)20-46(50)66)77-27-47(73-74-77)32-5-3-31(4-6-32)29-83-55-52(40-13-14-44(64)56-51(40)42(23-67)57(68)85-56)43(62)22-41-53(55)71-61(84-39-15-17-82-18-16-39)72-58(41)75-24-36-11-12-37(25-75)69-36/h3-10,13-14,19-20,22,27,30,36-39,48-49,54,69,78-79H,11-12,15-18,21,24-26,28-29,68H2,1-2H3,(H,70,80)/t36?,37?,38-,48+,49+,54+/m1/s1. The van der Waals surface area contributed by atoms with Gasteiger partial charge in [0.15, 0.2) is 5.75 Å². The molecule has 3 aromatic heterocycles. The second kappa shape index (κ2) is 23.8. The molecular weight excluding hydrogens is 1140 g/mol. The number of nitrogens with one attached hydrogen (secondary N) is 2. The largest absolute Gasteiger partial charge is 0.486 e. The number of β-amino-alcohol motifs (C(OH)–C–C–N with tert-alkyl or cyclic N) is 1. The first-order valence-corrected chi connectivity index (χ1v) is 29.2.